The molecule has 4 aromatic rings. The number of hydrogen-bond donors (Lipinski definition) is 2. The molecule has 198 valence electrons. The van der Waals surface area contributed by atoms with Crippen molar-refractivity contribution in [3.63, 3.8) is 0 Å². The van der Waals surface area contributed by atoms with Crippen LogP contribution < -0.4 is 5.32 Å². The van der Waals surface area contributed by atoms with E-state index in [1.165, 1.54) is 15.8 Å². The van der Waals surface area contributed by atoms with Crippen LogP contribution in [0.3, 0.4) is 0 Å². The summed E-state index contributed by atoms with van der Waals surface area (Å²) in [5.74, 6) is -1.61. The summed E-state index contributed by atoms with van der Waals surface area (Å²) in [6.45, 7) is 0.320. The number of aliphatic carboxylic acids is 1. The molecule has 1 aliphatic rings. The molecule has 1 aliphatic carbocycles. The Balaban J connectivity index is 1.30. The molecule has 0 spiro atoms. The number of carboxylic acid groups (broad SMARTS) is 1. The predicted octanol–water partition coefficient (Wildman–Crippen LogP) is 4.90. The Bertz CT molecular complexity index is 1470. The van der Waals surface area contributed by atoms with Crippen molar-refractivity contribution >= 4 is 23.7 Å². The summed E-state index contributed by atoms with van der Waals surface area (Å²) < 4.78 is 7.05. The molecule has 1 heterocycles. The number of fused-ring (bicyclic) bond motifs is 3. The molecule has 9 nitrogen and oxygen atoms in total. The minimum atomic E-state index is -1.01. The maximum absolute atomic E-state index is 13.5. The van der Waals surface area contributed by atoms with Crippen molar-refractivity contribution in [2.24, 2.45) is 7.05 Å². The lowest BCUT2D eigenvalue weighted by Crippen LogP contribution is -2.33. The third-order valence-corrected chi connectivity index (χ3v) is 6.71. The zero-order valence-corrected chi connectivity index (χ0v) is 21.4. The molecule has 0 radical (unpaired) electrons. The molecule has 9 heteroatoms. The number of rotatable bonds is 9. The van der Waals surface area contributed by atoms with Gasteiger partial charge in [-0.3, -0.25) is 19.6 Å². The van der Waals surface area contributed by atoms with Crippen molar-refractivity contribution < 1.29 is 24.2 Å². The third-order valence-electron chi connectivity index (χ3n) is 6.71. The highest BCUT2D eigenvalue weighted by Gasteiger charge is 2.30. The molecule has 2 amide bonds. The average Bonchev–Trinajstić information content (AvgIpc) is 3.47. The van der Waals surface area contributed by atoms with Crippen LogP contribution in [-0.2, 0) is 23.1 Å². The van der Waals surface area contributed by atoms with Crippen molar-refractivity contribution in [3.05, 3.63) is 107 Å². The van der Waals surface area contributed by atoms with Gasteiger partial charge in [-0.2, -0.15) is 5.10 Å². The number of carbonyl (C=O) groups is 3. The molecule has 0 saturated carbocycles. The number of amides is 2. The summed E-state index contributed by atoms with van der Waals surface area (Å²) >= 11 is 0. The Morgan fingerprint density at radius 2 is 1.56 bits per heavy atom. The molecule has 2 N–H and O–H groups in total. The van der Waals surface area contributed by atoms with Gasteiger partial charge in [0.05, 0.1) is 12.1 Å². The van der Waals surface area contributed by atoms with Gasteiger partial charge >= 0.3 is 12.1 Å². The number of hydrogen-bond acceptors (Lipinski definition) is 5. The molecular weight excluding hydrogens is 496 g/mol. The van der Waals surface area contributed by atoms with Gasteiger partial charge in [-0.05, 0) is 27.8 Å². The van der Waals surface area contributed by atoms with Crippen LogP contribution in [0.5, 0.6) is 0 Å². The first-order valence-electron chi connectivity index (χ1n) is 12.6. The van der Waals surface area contributed by atoms with E-state index >= 15 is 0 Å². The maximum Gasteiger partial charge on any atom is 0.411 e. The molecule has 39 heavy (non-hydrogen) atoms. The number of carboxylic acids is 1. The second kappa shape index (κ2) is 11.2. The Hall–Kier alpha value is -4.92. The summed E-state index contributed by atoms with van der Waals surface area (Å²) in [4.78, 5) is 39.0. The van der Waals surface area contributed by atoms with Gasteiger partial charge in [0.15, 0.2) is 5.69 Å². The van der Waals surface area contributed by atoms with Crippen LogP contribution in [0.15, 0.2) is 85.1 Å². The fourth-order valence-corrected chi connectivity index (χ4v) is 4.92. The fourth-order valence-electron chi connectivity index (χ4n) is 4.92. The third kappa shape index (κ3) is 5.67. The summed E-state index contributed by atoms with van der Waals surface area (Å²) in [6.07, 6.45) is 0.590. The molecule has 5 rings (SSSR count). The molecule has 0 aliphatic heterocycles. The second-order valence-corrected chi connectivity index (χ2v) is 9.37. The van der Waals surface area contributed by atoms with Crippen LogP contribution in [0.4, 0.5) is 10.5 Å². The zero-order valence-electron chi connectivity index (χ0n) is 21.4. The molecule has 0 atom stereocenters. The normalized spacial score (nSPS) is 11.9. The van der Waals surface area contributed by atoms with E-state index in [-0.39, 0.29) is 43.4 Å². The summed E-state index contributed by atoms with van der Waals surface area (Å²) in [7, 11) is 1.64. The van der Waals surface area contributed by atoms with Gasteiger partial charge in [-0.25, -0.2) is 4.79 Å². The number of carbonyl (C=O) groups excluding carboxylic acids is 2. The van der Waals surface area contributed by atoms with Gasteiger partial charge in [-0.15, -0.1) is 0 Å². The monoisotopic (exact) mass is 524 g/mol. The first kappa shape index (κ1) is 25.7. The Labute approximate surface area is 225 Å². The average molecular weight is 525 g/mol. The van der Waals surface area contributed by atoms with Crippen LogP contribution in [0.1, 0.15) is 39.5 Å². The number of anilines is 1. The highest BCUT2D eigenvalue weighted by atomic mass is 16.5. The van der Waals surface area contributed by atoms with Gasteiger partial charge in [0.2, 0.25) is 0 Å². The van der Waals surface area contributed by atoms with Crippen LogP contribution in [0, 0.1) is 0 Å². The van der Waals surface area contributed by atoms with E-state index in [9.17, 15) is 19.5 Å². The number of nitrogens with zero attached hydrogens (tertiary/aromatic N) is 3. The number of benzene rings is 3. The quantitative estimate of drug-likeness (QED) is 0.322. The van der Waals surface area contributed by atoms with Crippen LogP contribution >= 0.6 is 0 Å². The van der Waals surface area contributed by atoms with E-state index in [4.69, 9.17) is 4.74 Å². The van der Waals surface area contributed by atoms with Crippen molar-refractivity contribution in [3.8, 4) is 11.1 Å². The minimum absolute atomic E-state index is 0.00678. The van der Waals surface area contributed by atoms with E-state index < -0.39 is 18.0 Å². The Kier molecular flexibility index (Phi) is 7.40. The highest BCUT2D eigenvalue weighted by molar-refractivity contribution is 6.01. The molecule has 0 bridgehead atoms. The second-order valence-electron chi connectivity index (χ2n) is 9.37. The largest absolute Gasteiger partial charge is 0.481 e. The molecule has 0 saturated heterocycles. The van der Waals surface area contributed by atoms with Crippen LogP contribution in [0.25, 0.3) is 11.1 Å². The van der Waals surface area contributed by atoms with Crippen molar-refractivity contribution in [2.45, 2.75) is 18.9 Å². The lowest BCUT2D eigenvalue weighted by atomic mass is 9.98. The van der Waals surface area contributed by atoms with E-state index in [2.05, 4.69) is 22.5 Å². The summed E-state index contributed by atoms with van der Waals surface area (Å²) in [5, 5.41) is 16.1. The molecule has 3 aromatic carbocycles. The first-order valence-corrected chi connectivity index (χ1v) is 12.6. The number of aryl methyl sites for hydroxylation is 1. The van der Waals surface area contributed by atoms with Crippen molar-refractivity contribution in [2.75, 3.05) is 18.5 Å². The summed E-state index contributed by atoms with van der Waals surface area (Å²) in [5.41, 5.74) is 5.49. The number of aromatic nitrogens is 2. The minimum Gasteiger partial charge on any atom is -0.481 e. The van der Waals surface area contributed by atoms with E-state index in [1.807, 2.05) is 66.7 Å². The lowest BCUT2D eigenvalue weighted by molar-refractivity contribution is -0.137. The highest BCUT2D eigenvalue weighted by Crippen LogP contribution is 2.44. The first-order chi connectivity index (χ1) is 18.9. The molecule has 0 fully saturated rings. The van der Waals surface area contributed by atoms with E-state index in [0.717, 1.165) is 27.8 Å². The van der Waals surface area contributed by atoms with Gasteiger partial charge in [0.1, 0.15) is 6.61 Å². The van der Waals surface area contributed by atoms with Gasteiger partial charge in [0.25, 0.3) is 5.91 Å². The molecular formula is C30H28N4O5. The van der Waals surface area contributed by atoms with Crippen LogP contribution in [-0.4, -0.2) is 50.9 Å². The topological polar surface area (TPSA) is 114 Å². The Morgan fingerprint density at radius 3 is 2.21 bits per heavy atom. The standard InChI is InChI=1S/C30H28N4O5/c1-33-18-26(28(32-33)29(37)34(16-15-27(35)36)17-20-9-3-2-4-10-20)31-30(38)39-19-25-23-13-7-5-11-21(23)22-12-6-8-14-24(22)25/h2-14,18,25H,15-17,19H2,1H3,(H,31,38)(H,35,36). The molecule has 1 aromatic heterocycles. The van der Waals surface area contributed by atoms with E-state index in [1.54, 1.807) is 7.05 Å². The lowest BCUT2D eigenvalue weighted by Gasteiger charge is -2.22. The summed E-state index contributed by atoms with van der Waals surface area (Å²) in [6, 6.07) is 25.4. The zero-order chi connectivity index (χ0) is 27.4. The van der Waals surface area contributed by atoms with Gasteiger partial charge < -0.3 is 14.7 Å². The maximum atomic E-state index is 13.5. The fraction of sp³-hybridized carbons (Fsp3) is 0.200. The number of ether oxygens (including phenoxy) is 1. The van der Waals surface area contributed by atoms with Gasteiger partial charge in [-0.1, -0.05) is 78.9 Å². The predicted molar refractivity (Wildman–Crippen MR) is 145 cm³/mol. The van der Waals surface area contributed by atoms with Crippen molar-refractivity contribution in [1.29, 1.82) is 0 Å². The Morgan fingerprint density at radius 1 is 0.949 bits per heavy atom. The van der Waals surface area contributed by atoms with E-state index in [0.29, 0.717) is 0 Å². The number of nitrogens with one attached hydrogen (secondary N) is 1. The molecule has 0 unspecified atom stereocenters. The van der Waals surface area contributed by atoms with Crippen LogP contribution in [0.2, 0.25) is 0 Å². The van der Waals surface area contributed by atoms with Crippen molar-refractivity contribution in [1.82, 2.24) is 14.7 Å². The van der Waals surface area contributed by atoms with Gasteiger partial charge in [0, 0.05) is 32.3 Å². The SMILES string of the molecule is Cn1cc(NC(=O)OCC2c3ccccc3-c3ccccc32)c(C(=O)N(CCC(=O)O)Cc2ccccc2)n1. The smallest absolute Gasteiger partial charge is 0.411 e.